The Labute approximate surface area is 108 Å². The Hall–Kier alpha value is -1.26. The van der Waals surface area contributed by atoms with Crippen LogP contribution in [0.2, 0.25) is 0 Å². The summed E-state index contributed by atoms with van der Waals surface area (Å²) in [7, 11) is 0. The summed E-state index contributed by atoms with van der Waals surface area (Å²) in [5, 5.41) is 0. The lowest BCUT2D eigenvalue weighted by Gasteiger charge is -2.33. The fourth-order valence-corrected chi connectivity index (χ4v) is 2.23. The van der Waals surface area contributed by atoms with Gasteiger partial charge in [0, 0.05) is 19.0 Å². The molecule has 0 spiro atoms. The van der Waals surface area contributed by atoms with Gasteiger partial charge in [0.15, 0.2) is 5.90 Å². The van der Waals surface area contributed by atoms with Crippen molar-refractivity contribution in [2.24, 2.45) is 10.9 Å². The van der Waals surface area contributed by atoms with E-state index < -0.39 is 5.60 Å². The van der Waals surface area contributed by atoms with Gasteiger partial charge in [-0.15, -0.1) is 0 Å². The molecule has 0 aliphatic carbocycles. The molecule has 5 heteroatoms. The number of hydrogen-bond donors (Lipinski definition) is 0. The van der Waals surface area contributed by atoms with E-state index in [9.17, 15) is 4.79 Å². The van der Waals surface area contributed by atoms with Gasteiger partial charge in [0.05, 0.1) is 6.54 Å². The number of carbonyl (C=O) groups is 1. The molecule has 0 aromatic rings. The minimum atomic E-state index is -0.424. The molecule has 102 valence electrons. The Morgan fingerprint density at radius 3 is 2.56 bits per heavy atom. The van der Waals surface area contributed by atoms with Gasteiger partial charge in [0.25, 0.3) is 0 Å². The third-order valence-corrected chi connectivity index (χ3v) is 3.10. The third kappa shape index (κ3) is 3.37. The maximum absolute atomic E-state index is 11.9. The highest BCUT2D eigenvalue weighted by Gasteiger charge is 2.30. The van der Waals surface area contributed by atoms with Crippen LogP contribution in [-0.2, 0) is 9.47 Å². The predicted octanol–water partition coefficient (Wildman–Crippen LogP) is 2.06. The number of carbonyl (C=O) groups excluding carboxylic acids is 1. The van der Waals surface area contributed by atoms with Crippen molar-refractivity contribution in [2.75, 3.05) is 26.2 Å². The van der Waals surface area contributed by atoms with Crippen molar-refractivity contribution in [3.8, 4) is 0 Å². The second-order valence-electron chi connectivity index (χ2n) is 5.81. The summed E-state index contributed by atoms with van der Waals surface area (Å²) in [5.74, 6) is 1.27. The van der Waals surface area contributed by atoms with Crippen LogP contribution < -0.4 is 0 Å². The number of piperidine rings is 1. The number of rotatable bonds is 1. The third-order valence-electron chi connectivity index (χ3n) is 3.10. The molecule has 2 aliphatic heterocycles. The summed E-state index contributed by atoms with van der Waals surface area (Å²) in [6.07, 6.45) is 1.62. The minimum Gasteiger partial charge on any atom is -0.479 e. The Morgan fingerprint density at radius 1 is 1.39 bits per heavy atom. The van der Waals surface area contributed by atoms with Crippen LogP contribution in [0.25, 0.3) is 0 Å². The first-order valence-electron chi connectivity index (χ1n) is 6.61. The number of nitrogens with zero attached hydrogens (tertiary/aromatic N) is 2. The van der Waals surface area contributed by atoms with Gasteiger partial charge < -0.3 is 14.4 Å². The smallest absolute Gasteiger partial charge is 0.410 e. The molecule has 2 heterocycles. The quantitative estimate of drug-likeness (QED) is 0.719. The first-order valence-corrected chi connectivity index (χ1v) is 6.61. The molecular formula is C13H22N2O3. The molecule has 5 nitrogen and oxygen atoms in total. The van der Waals surface area contributed by atoms with Crippen molar-refractivity contribution in [1.82, 2.24) is 4.90 Å². The normalized spacial score (nSPS) is 21.5. The van der Waals surface area contributed by atoms with E-state index in [0.29, 0.717) is 12.5 Å². The Morgan fingerprint density at radius 2 is 2.06 bits per heavy atom. The second-order valence-corrected chi connectivity index (χ2v) is 5.81. The molecule has 0 atom stereocenters. The molecule has 1 fully saturated rings. The summed E-state index contributed by atoms with van der Waals surface area (Å²) in [5.41, 5.74) is -0.424. The highest BCUT2D eigenvalue weighted by atomic mass is 16.6. The number of amides is 1. The highest BCUT2D eigenvalue weighted by Crippen LogP contribution is 2.22. The van der Waals surface area contributed by atoms with Crippen LogP contribution in [0.15, 0.2) is 4.99 Å². The van der Waals surface area contributed by atoms with Crippen molar-refractivity contribution >= 4 is 12.0 Å². The van der Waals surface area contributed by atoms with Crippen molar-refractivity contribution < 1.29 is 14.3 Å². The fourth-order valence-electron chi connectivity index (χ4n) is 2.23. The number of likely N-dealkylation sites (tertiary alicyclic amines) is 1. The molecule has 0 aromatic heterocycles. The van der Waals surface area contributed by atoms with E-state index in [-0.39, 0.29) is 6.09 Å². The van der Waals surface area contributed by atoms with Gasteiger partial charge >= 0.3 is 6.09 Å². The Kier molecular flexibility index (Phi) is 3.78. The lowest BCUT2D eigenvalue weighted by molar-refractivity contribution is 0.0197. The van der Waals surface area contributed by atoms with Crippen LogP contribution in [0.1, 0.15) is 33.6 Å². The van der Waals surface area contributed by atoms with Crippen LogP contribution in [0.3, 0.4) is 0 Å². The van der Waals surface area contributed by atoms with Gasteiger partial charge in [-0.3, -0.25) is 4.99 Å². The van der Waals surface area contributed by atoms with Crippen LogP contribution >= 0.6 is 0 Å². The first-order chi connectivity index (χ1) is 8.46. The molecule has 1 amide bonds. The van der Waals surface area contributed by atoms with Gasteiger partial charge in [0.2, 0.25) is 0 Å². The molecule has 0 aromatic carbocycles. The van der Waals surface area contributed by atoms with E-state index in [1.165, 1.54) is 0 Å². The predicted molar refractivity (Wildman–Crippen MR) is 68.8 cm³/mol. The first kappa shape index (κ1) is 13.2. The van der Waals surface area contributed by atoms with E-state index in [1.54, 1.807) is 4.90 Å². The second kappa shape index (κ2) is 5.16. The van der Waals surface area contributed by atoms with Crippen LogP contribution in [0.5, 0.6) is 0 Å². The largest absolute Gasteiger partial charge is 0.479 e. The van der Waals surface area contributed by atoms with Crippen molar-refractivity contribution in [1.29, 1.82) is 0 Å². The molecule has 2 aliphatic rings. The van der Waals surface area contributed by atoms with Crippen molar-refractivity contribution in [3.05, 3.63) is 0 Å². The van der Waals surface area contributed by atoms with Gasteiger partial charge in [-0.2, -0.15) is 0 Å². The molecular weight excluding hydrogens is 232 g/mol. The zero-order valence-electron chi connectivity index (χ0n) is 11.4. The summed E-state index contributed by atoms with van der Waals surface area (Å²) in [4.78, 5) is 18.0. The number of ether oxygens (including phenoxy) is 2. The molecule has 0 radical (unpaired) electrons. The standard InChI is InChI=1S/C13H22N2O3/c1-13(2,3)18-12(16)15-7-4-10(5-8-15)11-14-6-9-17-11/h10H,4-9H2,1-3H3. The van der Waals surface area contributed by atoms with Crippen LogP contribution in [-0.4, -0.2) is 48.7 Å². The van der Waals surface area contributed by atoms with E-state index in [4.69, 9.17) is 9.47 Å². The lowest BCUT2D eigenvalue weighted by Crippen LogP contribution is -2.43. The molecule has 2 rings (SSSR count). The summed E-state index contributed by atoms with van der Waals surface area (Å²) < 4.78 is 10.8. The summed E-state index contributed by atoms with van der Waals surface area (Å²) >= 11 is 0. The van der Waals surface area contributed by atoms with Crippen LogP contribution in [0.4, 0.5) is 4.79 Å². The molecule has 0 unspecified atom stereocenters. The number of hydrogen-bond acceptors (Lipinski definition) is 4. The Bertz CT molecular complexity index is 339. The van der Waals surface area contributed by atoms with Gasteiger partial charge in [-0.25, -0.2) is 4.79 Å². The average Bonchev–Trinajstić information content (AvgIpc) is 2.80. The SMILES string of the molecule is CC(C)(C)OC(=O)N1CCC(C2=NCCO2)CC1. The fraction of sp³-hybridized carbons (Fsp3) is 0.846. The van der Waals surface area contributed by atoms with Gasteiger partial charge in [-0.05, 0) is 33.6 Å². The molecule has 18 heavy (non-hydrogen) atoms. The zero-order valence-corrected chi connectivity index (χ0v) is 11.4. The van der Waals surface area contributed by atoms with E-state index in [1.807, 2.05) is 20.8 Å². The monoisotopic (exact) mass is 254 g/mol. The summed E-state index contributed by atoms with van der Waals surface area (Å²) in [6.45, 7) is 8.60. The van der Waals surface area contributed by atoms with E-state index in [2.05, 4.69) is 4.99 Å². The topological polar surface area (TPSA) is 51.1 Å². The maximum atomic E-state index is 11.9. The molecule has 0 bridgehead atoms. The van der Waals surface area contributed by atoms with Gasteiger partial charge in [0.1, 0.15) is 12.2 Å². The number of aliphatic imine (C=N–C) groups is 1. The maximum Gasteiger partial charge on any atom is 0.410 e. The van der Waals surface area contributed by atoms with Gasteiger partial charge in [-0.1, -0.05) is 0 Å². The van der Waals surface area contributed by atoms with Crippen molar-refractivity contribution in [2.45, 2.75) is 39.2 Å². The average molecular weight is 254 g/mol. The Balaban J connectivity index is 1.81. The van der Waals surface area contributed by atoms with E-state index >= 15 is 0 Å². The molecule has 1 saturated heterocycles. The minimum absolute atomic E-state index is 0.213. The highest BCUT2D eigenvalue weighted by molar-refractivity contribution is 5.80. The van der Waals surface area contributed by atoms with Crippen LogP contribution in [0, 0.1) is 5.92 Å². The zero-order chi connectivity index (χ0) is 13.2. The molecule has 0 saturated carbocycles. The van der Waals surface area contributed by atoms with E-state index in [0.717, 1.165) is 38.4 Å². The summed E-state index contributed by atoms with van der Waals surface area (Å²) in [6, 6.07) is 0. The lowest BCUT2D eigenvalue weighted by atomic mass is 9.97. The molecule has 0 N–H and O–H groups in total. The van der Waals surface area contributed by atoms with Crippen molar-refractivity contribution in [3.63, 3.8) is 0 Å².